The largest absolute Gasteiger partial charge is 0.742 e. The Balaban J connectivity index is 2.65. The summed E-state index contributed by atoms with van der Waals surface area (Å²) in [5.74, 6) is 1.41. The van der Waals surface area contributed by atoms with E-state index < -0.39 is 0 Å². The third-order valence-corrected chi connectivity index (χ3v) is 3.04. The molecule has 0 amide bonds. The highest BCUT2D eigenvalue weighted by Crippen LogP contribution is 2.17. The number of thiol groups is 1. The SMILES string of the molecule is COc1ccc(CC(CCS)C(=O)[S-])cc1. The lowest BCUT2D eigenvalue weighted by Gasteiger charge is -2.18. The average molecular weight is 255 g/mol. The van der Waals surface area contributed by atoms with Crippen molar-refractivity contribution in [1.82, 2.24) is 0 Å². The molecule has 0 aliphatic carbocycles. The van der Waals surface area contributed by atoms with Gasteiger partial charge in [-0.2, -0.15) is 12.6 Å². The number of carbonyl (C=O) groups is 1. The number of hydrogen-bond acceptors (Lipinski definition) is 4. The molecule has 0 heterocycles. The van der Waals surface area contributed by atoms with Gasteiger partial charge in [-0.05, 0) is 36.3 Å². The lowest BCUT2D eigenvalue weighted by molar-refractivity contribution is -0.114. The van der Waals surface area contributed by atoms with Crippen molar-refractivity contribution in [2.24, 2.45) is 5.92 Å². The van der Waals surface area contributed by atoms with E-state index in [0.29, 0.717) is 12.2 Å². The second kappa shape index (κ2) is 6.76. The fourth-order valence-electron chi connectivity index (χ4n) is 1.51. The minimum Gasteiger partial charge on any atom is -0.742 e. The van der Waals surface area contributed by atoms with Crippen LogP contribution in [0.3, 0.4) is 0 Å². The van der Waals surface area contributed by atoms with Gasteiger partial charge in [-0.15, -0.1) is 0 Å². The van der Waals surface area contributed by atoms with E-state index in [1.165, 1.54) is 0 Å². The van der Waals surface area contributed by atoms with Gasteiger partial charge in [0.1, 0.15) is 5.75 Å². The molecule has 0 N–H and O–H groups in total. The zero-order chi connectivity index (χ0) is 12.0. The molecule has 88 valence electrons. The molecule has 1 unspecified atom stereocenters. The Bertz CT molecular complexity index is 335. The van der Waals surface area contributed by atoms with Gasteiger partial charge in [0.25, 0.3) is 0 Å². The highest BCUT2D eigenvalue weighted by Gasteiger charge is 2.09. The van der Waals surface area contributed by atoms with Crippen molar-refractivity contribution in [3.8, 4) is 5.75 Å². The van der Waals surface area contributed by atoms with Gasteiger partial charge in [-0.1, -0.05) is 12.1 Å². The lowest BCUT2D eigenvalue weighted by atomic mass is 9.98. The molecule has 0 spiro atoms. The van der Waals surface area contributed by atoms with Crippen molar-refractivity contribution in [2.45, 2.75) is 12.8 Å². The molecule has 0 saturated heterocycles. The first-order valence-electron chi connectivity index (χ1n) is 5.12. The molecule has 0 bridgehead atoms. The first-order valence-corrected chi connectivity index (χ1v) is 6.16. The van der Waals surface area contributed by atoms with Crippen LogP contribution in [0.4, 0.5) is 0 Å². The van der Waals surface area contributed by atoms with Crippen LogP contribution >= 0.6 is 12.6 Å². The molecule has 1 atom stereocenters. The summed E-state index contributed by atoms with van der Waals surface area (Å²) in [5.41, 5.74) is 1.10. The number of methoxy groups -OCH3 is 1. The first kappa shape index (κ1) is 13.3. The summed E-state index contributed by atoms with van der Waals surface area (Å²) in [6, 6.07) is 7.70. The monoisotopic (exact) mass is 255 g/mol. The quantitative estimate of drug-likeness (QED) is 0.624. The second-order valence-corrected chi connectivity index (χ2v) is 4.43. The molecular weight excluding hydrogens is 240 g/mol. The number of hydrogen-bond donors (Lipinski definition) is 1. The third kappa shape index (κ3) is 4.02. The van der Waals surface area contributed by atoms with E-state index in [1.54, 1.807) is 7.11 Å². The second-order valence-electron chi connectivity index (χ2n) is 3.58. The molecule has 0 aliphatic heterocycles. The maximum Gasteiger partial charge on any atom is 0.118 e. The summed E-state index contributed by atoms with van der Waals surface area (Å²) in [7, 11) is 1.63. The van der Waals surface area contributed by atoms with E-state index in [4.69, 9.17) is 17.4 Å². The Morgan fingerprint density at radius 1 is 1.44 bits per heavy atom. The fraction of sp³-hybridized carbons (Fsp3) is 0.417. The van der Waals surface area contributed by atoms with E-state index in [2.05, 4.69) is 12.6 Å². The Kier molecular flexibility index (Phi) is 5.63. The lowest BCUT2D eigenvalue weighted by Crippen LogP contribution is -2.15. The van der Waals surface area contributed by atoms with Crippen molar-refractivity contribution in [3.05, 3.63) is 29.8 Å². The van der Waals surface area contributed by atoms with E-state index in [-0.39, 0.29) is 11.0 Å². The van der Waals surface area contributed by atoms with Gasteiger partial charge in [0, 0.05) is 11.0 Å². The van der Waals surface area contributed by atoms with Gasteiger partial charge in [-0.25, -0.2) is 0 Å². The van der Waals surface area contributed by atoms with Gasteiger partial charge in [-0.3, -0.25) is 0 Å². The summed E-state index contributed by atoms with van der Waals surface area (Å²) in [5, 5.41) is -0.176. The standard InChI is InChI=1S/C12H16O2S2/c1-14-11-4-2-9(3-5-11)8-10(6-7-15)12(13)16/h2-5,10,15H,6-8H2,1H3,(H,13,16)/p-1. The van der Waals surface area contributed by atoms with E-state index >= 15 is 0 Å². The van der Waals surface area contributed by atoms with Crippen molar-refractivity contribution in [2.75, 3.05) is 12.9 Å². The molecule has 2 nitrogen and oxygen atoms in total. The minimum atomic E-state index is -0.176. The number of benzene rings is 1. The van der Waals surface area contributed by atoms with E-state index in [1.807, 2.05) is 24.3 Å². The number of rotatable bonds is 6. The highest BCUT2D eigenvalue weighted by molar-refractivity contribution is 7.80. The van der Waals surface area contributed by atoms with Crippen LogP contribution < -0.4 is 4.74 Å². The zero-order valence-electron chi connectivity index (χ0n) is 9.18. The van der Waals surface area contributed by atoms with E-state index in [0.717, 1.165) is 17.7 Å². The molecule has 0 saturated carbocycles. The third-order valence-electron chi connectivity index (χ3n) is 2.45. The number of carbonyl (C=O) groups excluding carboxylic acids is 1. The molecule has 4 heteroatoms. The minimum absolute atomic E-state index is 0.0964. The van der Waals surface area contributed by atoms with Crippen LogP contribution in [-0.2, 0) is 23.8 Å². The Hall–Kier alpha value is -0.740. The summed E-state index contributed by atoms with van der Waals surface area (Å²) in [6.45, 7) is 0. The van der Waals surface area contributed by atoms with E-state index in [9.17, 15) is 4.79 Å². The van der Waals surface area contributed by atoms with Crippen LogP contribution in [0.25, 0.3) is 0 Å². The average Bonchev–Trinajstić information content (AvgIpc) is 2.29. The zero-order valence-corrected chi connectivity index (χ0v) is 10.9. The van der Waals surface area contributed by atoms with Crippen LogP contribution in [0.1, 0.15) is 12.0 Å². The van der Waals surface area contributed by atoms with Crippen LogP contribution in [0.5, 0.6) is 5.75 Å². The van der Waals surface area contributed by atoms with Crippen LogP contribution in [0, 0.1) is 5.92 Å². The topological polar surface area (TPSA) is 26.3 Å². The van der Waals surface area contributed by atoms with Gasteiger partial charge >= 0.3 is 0 Å². The summed E-state index contributed by atoms with van der Waals surface area (Å²) in [4.78, 5) is 11.2. The van der Waals surface area contributed by atoms with Crippen molar-refractivity contribution >= 4 is 30.4 Å². The molecule has 0 aromatic heterocycles. The maximum absolute atomic E-state index is 11.2. The van der Waals surface area contributed by atoms with Gasteiger partial charge in [0.2, 0.25) is 0 Å². The van der Waals surface area contributed by atoms with Gasteiger partial charge in [0.15, 0.2) is 0 Å². The number of ether oxygens (including phenoxy) is 1. The summed E-state index contributed by atoms with van der Waals surface area (Å²) >= 11 is 8.85. The predicted molar refractivity (Wildman–Crippen MR) is 71.0 cm³/mol. The highest BCUT2D eigenvalue weighted by atomic mass is 32.1. The van der Waals surface area contributed by atoms with Gasteiger partial charge < -0.3 is 22.2 Å². The summed E-state index contributed by atoms with van der Waals surface area (Å²) < 4.78 is 5.07. The molecule has 1 aromatic rings. The van der Waals surface area contributed by atoms with Crippen LogP contribution in [-0.4, -0.2) is 18.0 Å². The van der Waals surface area contributed by atoms with Gasteiger partial charge in [0.05, 0.1) is 7.11 Å². The Labute approximate surface area is 107 Å². The van der Waals surface area contributed by atoms with Crippen LogP contribution in [0.2, 0.25) is 0 Å². The Morgan fingerprint density at radius 3 is 2.50 bits per heavy atom. The predicted octanol–water partition coefficient (Wildman–Crippen LogP) is 2.25. The smallest absolute Gasteiger partial charge is 0.118 e. The Morgan fingerprint density at radius 2 is 2.06 bits per heavy atom. The maximum atomic E-state index is 11.2. The molecule has 0 fully saturated rings. The van der Waals surface area contributed by atoms with Crippen molar-refractivity contribution < 1.29 is 9.53 Å². The summed E-state index contributed by atoms with van der Waals surface area (Å²) in [6.07, 6.45) is 1.42. The van der Waals surface area contributed by atoms with Crippen molar-refractivity contribution in [3.63, 3.8) is 0 Å². The first-order chi connectivity index (χ1) is 7.67. The molecular formula is C12H15O2S2-. The van der Waals surface area contributed by atoms with Crippen LogP contribution in [0.15, 0.2) is 24.3 Å². The fourth-order valence-corrected chi connectivity index (χ4v) is 2.02. The van der Waals surface area contributed by atoms with Crippen molar-refractivity contribution in [1.29, 1.82) is 0 Å². The molecule has 1 aromatic carbocycles. The molecule has 0 radical (unpaired) electrons. The molecule has 1 rings (SSSR count). The normalized spacial score (nSPS) is 12.1. The molecule has 0 aliphatic rings. The molecule has 16 heavy (non-hydrogen) atoms.